The van der Waals surface area contributed by atoms with Crippen molar-refractivity contribution in [3.05, 3.63) is 0 Å². The normalized spacial score (nSPS) is 45.7. The molecule has 0 saturated carbocycles. The second-order valence-corrected chi connectivity index (χ2v) is 11.1. The summed E-state index contributed by atoms with van der Waals surface area (Å²) in [7, 11) is 0. The Morgan fingerprint density at radius 3 is 0.558 bits per heavy atom. The Kier molecular flexibility index (Phi) is 27.8. The monoisotopic (exact) mass is 792 g/mol. The zero-order valence-electron chi connectivity index (χ0n) is 27.0. The molecular weight excluding hydrogens is 736 g/mol. The lowest BCUT2D eigenvalue weighted by molar-refractivity contribution is -0.376. The lowest BCUT2D eigenvalue weighted by Gasteiger charge is -2.44. The summed E-state index contributed by atoms with van der Waals surface area (Å²) in [6.45, 7) is -2.67. The molecule has 0 bridgehead atoms. The minimum atomic E-state index is -1.72. The van der Waals surface area contributed by atoms with Crippen LogP contribution in [0.4, 0.5) is 0 Å². The molecule has 0 aromatic heterocycles. The van der Waals surface area contributed by atoms with Crippen LogP contribution in [0.3, 0.4) is 0 Å². The van der Waals surface area contributed by atoms with Crippen LogP contribution in [0.25, 0.3) is 0 Å². The number of hydrogen-bond donors (Lipinski definition) is 16. The summed E-state index contributed by atoms with van der Waals surface area (Å²) in [5.41, 5.74) is 0. The first-order valence-electron chi connectivity index (χ1n) is 14.2. The van der Waals surface area contributed by atoms with Gasteiger partial charge in [-0.1, -0.05) is 0 Å². The van der Waals surface area contributed by atoms with E-state index < -0.39 is 149 Å². The Hall–Kier alpha value is -1.12. The molecule has 0 radical (unpaired) electrons. The fourth-order valence-electron chi connectivity index (χ4n) is 4.98. The minimum absolute atomic E-state index is 0. The highest BCUT2D eigenvalue weighted by Gasteiger charge is 2.51. The summed E-state index contributed by atoms with van der Waals surface area (Å²) in [5.74, 6) is 0. The summed E-state index contributed by atoms with van der Waals surface area (Å²) in [4.78, 5) is 0. The molecule has 4 fully saturated rings. The van der Waals surface area contributed by atoms with Crippen LogP contribution < -0.4 is 0 Å². The third kappa shape index (κ3) is 12.4. The number of hydrogen-bond acceptors (Lipinski definition) is 22. The van der Waals surface area contributed by atoms with Gasteiger partial charge in [0.15, 0.2) is 25.2 Å². The van der Waals surface area contributed by atoms with Crippen molar-refractivity contribution >= 4 is 0 Å². The molecule has 4 heterocycles. The fraction of sp³-hybridized carbons (Fsp3) is 1.00. The molecule has 4 aliphatic heterocycles. The predicted molar refractivity (Wildman–Crippen MR) is 159 cm³/mol. The van der Waals surface area contributed by atoms with Crippen molar-refractivity contribution < 1.29 is 143 Å². The topological polar surface area (TPSA) is 568 Å². The second-order valence-electron chi connectivity index (χ2n) is 11.1. The largest absolute Gasteiger partial charge is 0.412 e. The average molecular weight is 793 g/mol. The van der Waals surface area contributed by atoms with Crippen LogP contribution in [0.1, 0.15) is 0 Å². The SMILES string of the molecule is O.O.O.O.O.O.OC[C@H]1O[C@H](O[C@H]2O[C@H](CO)[C@@H](O)[C@@H](O)[C@H]2O)[C@H](O)[C@H](O)[C@@H]1O.OC[C@H]1O[C@H](O[C@H]2O[C@H](CO)[C@@H](O)[C@@H](O)[C@H]2O)[C@H](O)[C@H](O)[C@@H]1O. The van der Waals surface area contributed by atoms with Crippen molar-refractivity contribution in [3.63, 3.8) is 0 Å². The Balaban J connectivity index is -0.000000397. The van der Waals surface area contributed by atoms with Gasteiger partial charge in [0, 0.05) is 0 Å². The third-order valence-electron chi connectivity index (χ3n) is 7.93. The summed E-state index contributed by atoms with van der Waals surface area (Å²) < 4.78 is 30.6. The minimum Gasteiger partial charge on any atom is -0.412 e. The van der Waals surface area contributed by atoms with Crippen LogP contribution in [0.15, 0.2) is 0 Å². The van der Waals surface area contributed by atoms with Gasteiger partial charge < -0.3 is 143 Å². The molecule has 0 aliphatic carbocycles. The zero-order valence-corrected chi connectivity index (χ0v) is 27.0. The van der Waals surface area contributed by atoms with E-state index in [1.165, 1.54) is 0 Å². The van der Waals surface area contributed by atoms with Gasteiger partial charge in [-0.2, -0.15) is 0 Å². The number of aliphatic hydroxyl groups excluding tert-OH is 16. The highest BCUT2D eigenvalue weighted by atomic mass is 16.8. The lowest BCUT2D eigenvalue weighted by Crippen LogP contribution is -2.63. The van der Waals surface area contributed by atoms with Gasteiger partial charge in [-0.15, -0.1) is 0 Å². The van der Waals surface area contributed by atoms with E-state index in [0.717, 1.165) is 0 Å². The molecule has 4 aliphatic rings. The van der Waals surface area contributed by atoms with Crippen LogP contribution in [0.5, 0.6) is 0 Å². The van der Waals surface area contributed by atoms with E-state index >= 15 is 0 Å². The van der Waals surface area contributed by atoms with Gasteiger partial charge in [0.05, 0.1) is 26.4 Å². The van der Waals surface area contributed by atoms with Crippen LogP contribution >= 0.6 is 0 Å². The summed E-state index contributed by atoms with van der Waals surface area (Å²) in [6, 6.07) is 0. The predicted octanol–water partition coefficient (Wildman–Crippen LogP) is -15.7. The Morgan fingerprint density at radius 1 is 0.269 bits per heavy atom. The maximum atomic E-state index is 9.84. The summed E-state index contributed by atoms with van der Waals surface area (Å²) in [6.07, 6.45) is -31.2. The van der Waals surface area contributed by atoms with Crippen LogP contribution in [0, 0.1) is 0 Å². The summed E-state index contributed by atoms with van der Waals surface area (Å²) in [5, 5.41) is 153. The molecule has 0 aromatic rings. The van der Waals surface area contributed by atoms with Gasteiger partial charge in [-0.3, -0.25) is 0 Å². The van der Waals surface area contributed by atoms with Gasteiger partial charge in [-0.05, 0) is 0 Å². The molecule has 28 nitrogen and oxygen atoms in total. The van der Waals surface area contributed by atoms with Crippen molar-refractivity contribution in [2.45, 2.75) is 123 Å². The fourth-order valence-corrected chi connectivity index (χ4v) is 4.98. The smallest absolute Gasteiger partial charge is 0.189 e. The van der Waals surface area contributed by atoms with Gasteiger partial charge in [-0.25, -0.2) is 0 Å². The van der Waals surface area contributed by atoms with E-state index in [0.29, 0.717) is 0 Å². The molecule has 20 atom stereocenters. The number of aliphatic hydroxyl groups is 16. The molecule has 4 saturated heterocycles. The molecule has 320 valence electrons. The van der Waals surface area contributed by atoms with Gasteiger partial charge in [0.25, 0.3) is 0 Å². The van der Waals surface area contributed by atoms with Crippen LogP contribution in [0.2, 0.25) is 0 Å². The molecule has 0 spiro atoms. The van der Waals surface area contributed by atoms with Crippen molar-refractivity contribution in [3.8, 4) is 0 Å². The molecule has 0 unspecified atom stereocenters. The standard InChI is InChI=1S/2C12H22O11.6H2O/c2*13-1-3-5(15)7(17)9(19)11(21-3)23-12-10(20)8(18)6(16)4(2-14)22-12;;;;;;/h2*3-20H,1-2H2;6*1H2/t2*3-,4-,5-,6-,7-,8-,9-,10-,11-,12-;;;;;;/m11....../s1. The van der Waals surface area contributed by atoms with E-state index in [1.807, 2.05) is 0 Å². The summed E-state index contributed by atoms with van der Waals surface area (Å²) >= 11 is 0. The molecule has 52 heavy (non-hydrogen) atoms. The van der Waals surface area contributed by atoms with E-state index in [-0.39, 0.29) is 32.9 Å². The molecule has 0 amide bonds. The molecule has 28 N–H and O–H groups in total. The van der Waals surface area contributed by atoms with Gasteiger partial charge in [0.1, 0.15) is 97.7 Å². The Morgan fingerprint density at radius 2 is 0.423 bits per heavy atom. The van der Waals surface area contributed by atoms with Crippen LogP contribution in [-0.4, -0.2) is 264 Å². The van der Waals surface area contributed by atoms with Gasteiger partial charge >= 0.3 is 0 Å². The molecular formula is C24H56O28. The first-order chi connectivity index (χ1) is 21.6. The Bertz CT molecular complexity index is 764. The maximum absolute atomic E-state index is 9.84. The molecule has 4 rings (SSSR count). The number of rotatable bonds is 8. The van der Waals surface area contributed by atoms with Crippen molar-refractivity contribution in [1.29, 1.82) is 0 Å². The lowest BCUT2D eigenvalue weighted by atomic mass is 9.98. The maximum Gasteiger partial charge on any atom is 0.189 e. The average Bonchev–Trinajstić information content (AvgIpc) is 3.05. The van der Waals surface area contributed by atoms with E-state index in [4.69, 9.17) is 48.8 Å². The third-order valence-corrected chi connectivity index (χ3v) is 7.93. The zero-order chi connectivity index (χ0) is 34.6. The van der Waals surface area contributed by atoms with Crippen molar-refractivity contribution in [2.24, 2.45) is 0 Å². The van der Waals surface area contributed by atoms with Crippen molar-refractivity contribution in [2.75, 3.05) is 26.4 Å². The van der Waals surface area contributed by atoms with E-state index in [9.17, 15) is 61.3 Å². The highest BCUT2D eigenvalue weighted by Crippen LogP contribution is 2.29. The van der Waals surface area contributed by atoms with E-state index in [1.54, 1.807) is 0 Å². The van der Waals surface area contributed by atoms with Gasteiger partial charge in [0.2, 0.25) is 0 Å². The Labute approximate surface area is 292 Å². The quantitative estimate of drug-likeness (QED) is 0.108. The molecule has 0 aromatic carbocycles. The second kappa shape index (κ2) is 25.1. The van der Waals surface area contributed by atoms with E-state index in [2.05, 4.69) is 0 Å². The van der Waals surface area contributed by atoms with Crippen molar-refractivity contribution in [1.82, 2.24) is 0 Å². The first-order valence-corrected chi connectivity index (χ1v) is 14.2. The number of ether oxygens (including phenoxy) is 6. The molecule has 28 heteroatoms. The van der Waals surface area contributed by atoms with Crippen LogP contribution in [-0.2, 0) is 28.4 Å². The first kappa shape index (κ1) is 57.6. The highest BCUT2D eigenvalue weighted by molar-refractivity contribution is 4.93.